The summed E-state index contributed by atoms with van der Waals surface area (Å²) < 4.78 is 46.3. The molecule has 0 aliphatic carbocycles. The number of carbonyl (C=O) groups is 1. The van der Waals surface area contributed by atoms with Crippen LogP contribution in [0.5, 0.6) is 0 Å². The molecule has 0 fully saturated rings. The van der Waals surface area contributed by atoms with Gasteiger partial charge in [0.15, 0.2) is 5.76 Å². The van der Waals surface area contributed by atoms with E-state index >= 15 is 0 Å². The Morgan fingerprint density at radius 1 is 1.36 bits per heavy atom. The molecule has 0 aliphatic rings. The largest absolute Gasteiger partial charge is 0.458 e. The number of aromatic nitrogens is 3. The minimum Gasteiger partial charge on any atom is -0.458 e. The number of amides is 1. The second kappa shape index (κ2) is 7.85. The Hall–Kier alpha value is -3.14. The minimum atomic E-state index is -4.48. The van der Waals surface area contributed by atoms with E-state index in [2.05, 4.69) is 15.6 Å². The van der Waals surface area contributed by atoms with Crippen LogP contribution < -0.4 is 11.1 Å². The van der Waals surface area contributed by atoms with E-state index in [1.54, 1.807) is 7.05 Å². The summed E-state index contributed by atoms with van der Waals surface area (Å²) in [5.74, 6) is -0.555. The van der Waals surface area contributed by atoms with Gasteiger partial charge in [-0.25, -0.2) is 4.68 Å². The van der Waals surface area contributed by atoms with Crippen LogP contribution in [-0.2, 0) is 19.6 Å². The molecule has 28 heavy (non-hydrogen) atoms. The summed E-state index contributed by atoms with van der Waals surface area (Å²) in [5, 5.41) is 10.2. The normalized spacial score (nSPS) is 12.8. The molecule has 3 rings (SSSR count). The predicted octanol–water partition coefficient (Wildman–Crippen LogP) is 2.39. The quantitative estimate of drug-likeness (QED) is 0.670. The first-order valence-electron chi connectivity index (χ1n) is 8.39. The molecule has 1 aromatic carbocycles. The van der Waals surface area contributed by atoms with E-state index in [0.717, 1.165) is 6.07 Å². The predicted molar refractivity (Wildman–Crippen MR) is 94.2 cm³/mol. The number of nitrogens with two attached hydrogens (primary N) is 1. The number of nitrogens with zero attached hydrogens (tertiary/aromatic N) is 3. The van der Waals surface area contributed by atoms with Crippen molar-refractivity contribution < 1.29 is 22.4 Å². The van der Waals surface area contributed by atoms with E-state index in [-0.39, 0.29) is 24.3 Å². The lowest BCUT2D eigenvalue weighted by Gasteiger charge is -2.19. The summed E-state index contributed by atoms with van der Waals surface area (Å²) in [7, 11) is 1.69. The number of benzene rings is 1. The van der Waals surface area contributed by atoms with E-state index in [0.29, 0.717) is 11.3 Å². The molecule has 3 aromatic rings. The Balaban J connectivity index is 1.73. The van der Waals surface area contributed by atoms with Crippen LogP contribution in [0.4, 0.5) is 13.2 Å². The molecule has 0 unspecified atom stereocenters. The molecule has 0 radical (unpaired) electrons. The summed E-state index contributed by atoms with van der Waals surface area (Å²) in [6, 6.07) is 6.03. The van der Waals surface area contributed by atoms with E-state index in [9.17, 15) is 18.0 Å². The molecule has 0 aliphatic heterocycles. The van der Waals surface area contributed by atoms with Gasteiger partial charge < -0.3 is 15.5 Å². The maximum absolute atomic E-state index is 13.2. The first kappa shape index (κ1) is 19.6. The number of hydrogen-bond acceptors (Lipinski definition) is 5. The molecular weight excluding hydrogens is 375 g/mol. The Bertz CT molecular complexity index is 964. The summed E-state index contributed by atoms with van der Waals surface area (Å²) in [4.78, 5) is 12.4. The number of furan rings is 1. The highest BCUT2D eigenvalue weighted by Crippen LogP contribution is 2.32. The van der Waals surface area contributed by atoms with Gasteiger partial charge in [0.25, 0.3) is 5.91 Å². The first-order valence-corrected chi connectivity index (χ1v) is 8.39. The number of aryl methyl sites for hydroxylation is 1. The van der Waals surface area contributed by atoms with Gasteiger partial charge in [0, 0.05) is 25.2 Å². The van der Waals surface area contributed by atoms with Crippen molar-refractivity contribution in [2.24, 2.45) is 12.8 Å². The van der Waals surface area contributed by atoms with E-state index in [4.69, 9.17) is 10.2 Å². The van der Waals surface area contributed by atoms with Crippen LogP contribution in [0.15, 0.2) is 47.2 Å². The van der Waals surface area contributed by atoms with Crippen molar-refractivity contribution >= 4 is 5.91 Å². The topological polar surface area (TPSA) is 99.0 Å². The monoisotopic (exact) mass is 393 g/mol. The average molecular weight is 393 g/mol. The van der Waals surface area contributed by atoms with Crippen LogP contribution in [0.25, 0.3) is 11.3 Å². The molecule has 10 heteroatoms. The highest BCUT2D eigenvalue weighted by atomic mass is 19.4. The smallest absolute Gasteiger partial charge is 0.416 e. The Morgan fingerprint density at radius 3 is 2.75 bits per heavy atom. The standard InChI is InChI=1S/C18H18F3N5O2/c1-26-15(9-23-25-26)12-7-16(28-10-12)17(27)24-13(8-22)6-11-4-2-3-5-14(11)18(19,20)21/h2-5,7,9-10,13H,6,8,22H2,1H3,(H,24,27)/t13-/m0/s1. The van der Waals surface area contributed by atoms with Crippen LogP contribution in [-0.4, -0.2) is 33.5 Å². The molecule has 0 bridgehead atoms. The lowest BCUT2D eigenvalue weighted by Crippen LogP contribution is -2.41. The van der Waals surface area contributed by atoms with Crippen LogP contribution in [0.3, 0.4) is 0 Å². The molecule has 1 atom stereocenters. The van der Waals surface area contributed by atoms with Gasteiger partial charge in [-0.05, 0) is 24.1 Å². The molecule has 0 spiro atoms. The number of carbonyl (C=O) groups excluding carboxylic acids is 1. The van der Waals surface area contributed by atoms with E-state index in [1.165, 1.54) is 41.4 Å². The van der Waals surface area contributed by atoms with Crippen LogP contribution in [0.1, 0.15) is 21.7 Å². The van der Waals surface area contributed by atoms with Crippen molar-refractivity contribution in [3.05, 3.63) is 59.7 Å². The second-order valence-corrected chi connectivity index (χ2v) is 6.21. The molecule has 2 aromatic heterocycles. The lowest BCUT2D eigenvalue weighted by atomic mass is 9.99. The highest BCUT2D eigenvalue weighted by molar-refractivity contribution is 5.92. The van der Waals surface area contributed by atoms with Gasteiger partial charge in [-0.15, -0.1) is 5.10 Å². The second-order valence-electron chi connectivity index (χ2n) is 6.21. The maximum atomic E-state index is 13.2. The zero-order chi connectivity index (χ0) is 20.3. The fourth-order valence-electron chi connectivity index (χ4n) is 2.83. The van der Waals surface area contributed by atoms with Gasteiger partial charge >= 0.3 is 6.18 Å². The van der Waals surface area contributed by atoms with E-state index < -0.39 is 23.7 Å². The van der Waals surface area contributed by atoms with Crippen molar-refractivity contribution in [3.63, 3.8) is 0 Å². The summed E-state index contributed by atoms with van der Waals surface area (Å²) >= 11 is 0. The molecule has 3 N–H and O–H groups in total. The van der Waals surface area contributed by atoms with Gasteiger partial charge in [0.2, 0.25) is 0 Å². The van der Waals surface area contributed by atoms with Crippen molar-refractivity contribution in [2.75, 3.05) is 6.54 Å². The molecule has 0 saturated carbocycles. The van der Waals surface area contributed by atoms with Crippen molar-refractivity contribution in [1.29, 1.82) is 0 Å². The minimum absolute atomic E-state index is 0.0127. The SMILES string of the molecule is Cn1nncc1-c1coc(C(=O)N[C@H](CN)Cc2ccccc2C(F)(F)F)c1. The van der Waals surface area contributed by atoms with Gasteiger partial charge in [0.1, 0.15) is 6.26 Å². The van der Waals surface area contributed by atoms with Crippen LogP contribution >= 0.6 is 0 Å². The van der Waals surface area contributed by atoms with Crippen molar-refractivity contribution in [3.8, 4) is 11.3 Å². The molecule has 1 amide bonds. The fourth-order valence-corrected chi connectivity index (χ4v) is 2.83. The Kier molecular flexibility index (Phi) is 5.50. The number of hydrogen-bond donors (Lipinski definition) is 2. The van der Waals surface area contributed by atoms with Crippen molar-refractivity contribution in [2.45, 2.75) is 18.6 Å². The molecule has 148 valence electrons. The van der Waals surface area contributed by atoms with Crippen LogP contribution in [0.2, 0.25) is 0 Å². The zero-order valence-electron chi connectivity index (χ0n) is 14.9. The highest BCUT2D eigenvalue weighted by Gasteiger charge is 2.33. The Morgan fingerprint density at radius 2 is 2.11 bits per heavy atom. The van der Waals surface area contributed by atoms with Gasteiger partial charge in [-0.1, -0.05) is 23.4 Å². The fraction of sp³-hybridized carbons (Fsp3) is 0.278. The number of alkyl halides is 3. The van der Waals surface area contributed by atoms with Crippen molar-refractivity contribution in [1.82, 2.24) is 20.3 Å². The first-order chi connectivity index (χ1) is 13.3. The third kappa shape index (κ3) is 4.22. The molecular formula is C18H18F3N5O2. The molecule has 7 nitrogen and oxygen atoms in total. The van der Waals surface area contributed by atoms with Crippen LogP contribution in [0, 0.1) is 0 Å². The average Bonchev–Trinajstić information content (AvgIpc) is 3.29. The Labute approximate surface area is 158 Å². The lowest BCUT2D eigenvalue weighted by molar-refractivity contribution is -0.138. The zero-order valence-corrected chi connectivity index (χ0v) is 14.9. The number of halogens is 3. The number of nitrogens with one attached hydrogen (secondary N) is 1. The molecule has 2 heterocycles. The maximum Gasteiger partial charge on any atom is 0.416 e. The summed E-state index contributed by atoms with van der Waals surface area (Å²) in [5.41, 5.74) is 6.23. The van der Waals surface area contributed by atoms with E-state index in [1.807, 2.05) is 0 Å². The summed E-state index contributed by atoms with van der Waals surface area (Å²) in [6.45, 7) is -0.0306. The van der Waals surface area contributed by atoms with Gasteiger partial charge in [-0.3, -0.25) is 4.79 Å². The third-order valence-electron chi connectivity index (χ3n) is 4.24. The number of rotatable bonds is 6. The van der Waals surface area contributed by atoms with Gasteiger partial charge in [-0.2, -0.15) is 13.2 Å². The molecule has 0 saturated heterocycles. The third-order valence-corrected chi connectivity index (χ3v) is 4.24. The summed E-state index contributed by atoms with van der Waals surface area (Å²) in [6.07, 6.45) is -1.64. The van der Waals surface area contributed by atoms with Gasteiger partial charge in [0.05, 0.1) is 17.5 Å².